The van der Waals surface area contributed by atoms with Gasteiger partial charge in [-0.05, 0) is 37.3 Å². The molecule has 0 aromatic heterocycles. The molecule has 0 radical (unpaired) electrons. The van der Waals surface area contributed by atoms with E-state index in [2.05, 4.69) is 0 Å². The van der Waals surface area contributed by atoms with Crippen LogP contribution in [0.15, 0.2) is 36.4 Å². The van der Waals surface area contributed by atoms with Crippen LogP contribution in [0.5, 0.6) is 11.5 Å². The lowest BCUT2D eigenvalue weighted by atomic mass is 10.00. The minimum Gasteiger partial charge on any atom is -0.496 e. The number of aryl methyl sites for hydroxylation is 1. The Morgan fingerprint density at radius 1 is 0.950 bits per heavy atom. The number of methoxy groups -OCH3 is 2. The molecule has 2 aromatic carbocycles. The molecule has 0 saturated heterocycles. The van der Waals surface area contributed by atoms with Crippen LogP contribution in [-0.4, -0.2) is 20.0 Å². The first-order valence-electron chi connectivity index (χ1n) is 6.09. The summed E-state index contributed by atoms with van der Waals surface area (Å²) in [7, 11) is 3.06. The van der Waals surface area contributed by atoms with Crippen LogP contribution >= 0.6 is 11.6 Å². The van der Waals surface area contributed by atoms with Crippen molar-refractivity contribution < 1.29 is 14.3 Å². The summed E-state index contributed by atoms with van der Waals surface area (Å²) in [5, 5.41) is 0.487. The van der Waals surface area contributed by atoms with E-state index in [1.54, 1.807) is 30.3 Å². The van der Waals surface area contributed by atoms with Gasteiger partial charge in [-0.1, -0.05) is 23.2 Å². The molecule has 0 heterocycles. The molecule has 2 aromatic rings. The third-order valence-corrected chi connectivity index (χ3v) is 3.24. The van der Waals surface area contributed by atoms with Gasteiger partial charge in [0.05, 0.1) is 25.3 Å². The van der Waals surface area contributed by atoms with Crippen molar-refractivity contribution in [1.29, 1.82) is 0 Å². The molecule has 0 aliphatic carbocycles. The van der Waals surface area contributed by atoms with Gasteiger partial charge >= 0.3 is 0 Å². The number of hydrogen-bond donors (Lipinski definition) is 0. The molecule has 2 rings (SSSR count). The Morgan fingerprint density at radius 3 is 2.10 bits per heavy atom. The lowest BCUT2D eigenvalue weighted by molar-refractivity contribution is 0.103. The number of ketones is 1. The first-order valence-corrected chi connectivity index (χ1v) is 6.47. The van der Waals surface area contributed by atoms with Gasteiger partial charge in [0.25, 0.3) is 0 Å². The van der Waals surface area contributed by atoms with Crippen LogP contribution in [0, 0.1) is 6.92 Å². The SMILES string of the molecule is COc1ccc(C)cc1C(=O)c1cc(Cl)ccc1OC. The van der Waals surface area contributed by atoms with E-state index in [-0.39, 0.29) is 5.78 Å². The zero-order chi connectivity index (χ0) is 14.7. The number of carbonyl (C=O) groups excluding carboxylic acids is 1. The number of ether oxygens (including phenoxy) is 2. The van der Waals surface area contributed by atoms with E-state index >= 15 is 0 Å². The van der Waals surface area contributed by atoms with Gasteiger partial charge in [-0.2, -0.15) is 0 Å². The molecule has 0 bridgehead atoms. The van der Waals surface area contributed by atoms with Crippen molar-refractivity contribution >= 4 is 17.4 Å². The Kier molecular flexibility index (Phi) is 4.30. The summed E-state index contributed by atoms with van der Waals surface area (Å²) in [5.41, 5.74) is 1.90. The highest BCUT2D eigenvalue weighted by Gasteiger charge is 2.19. The van der Waals surface area contributed by atoms with Gasteiger partial charge in [-0.3, -0.25) is 4.79 Å². The van der Waals surface area contributed by atoms with Crippen molar-refractivity contribution in [3.05, 3.63) is 58.1 Å². The van der Waals surface area contributed by atoms with Crippen molar-refractivity contribution in [3.63, 3.8) is 0 Å². The molecule has 0 atom stereocenters. The van der Waals surface area contributed by atoms with Crippen LogP contribution in [-0.2, 0) is 0 Å². The van der Waals surface area contributed by atoms with Gasteiger partial charge in [-0.15, -0.1) is 0 Å². The maximum absolute atomic E-state index is 12.7. The summed E-state index contributed by atoms with van der Waals surface area (Å²) < 4.78 is 10.5. The third kappa shape index (κ3) is 2.78. The number of halogens is 1. The summed E-state index contributed by atoms with van der Waals surface area (Å²) in [6, 6.07) is 10.4. The lowest BCUT2D eigenvalue weighted by Crippen LogP contribution is -2.06. The number of rotatable bonds is 4. The maximum Gasteiger partial charge on any atom is 0.200 e. The fourth-order valence-electron chi connectivity index (χ4n) is 2.00. The average Bonchev–Trinajstić information content (AvgIpc) is 2.46. The second-order valence-corrected chi connectivity index (χ2v) is 4.81. The average molecular weight is 291 g/mol. The van der Waals surface area contributed by atoms with Crippen LogP contribution < -0.4 is 9.47 Å². The molecule has 0 fully saturated rings. The van der Waals surface area contributed by atoms with Crippen molar-refractivity contribution in [2.45, 2.75) is 6.92 Å². The summed E-state index contributed by atoms with van der Waals surface area (Å²) in [4.78, 5) is 12.7. The molecular formula is C16H15ClO3. The molecule has 0 spiro atoms. The Hall–Kier alpha value is -2.00. The van der Waals surface area contributed by atoms with Crippen LogP contribution in [0.2, 0.25) is 5.02 Å². The highest BCUT2D eigenvalue weighted by molar-refractivity contribution is 6.31. The molecule has 4 heteroatoms. The standard InChI is InChI=1S/C16H15ClO3/c1-10-4-6-14(19-2)12(8-10)16(18)13-9-11(17)5-7-15(13)20-3/h4-9H,1-3H3. The topological polar surface area (TPSA) is 35.5 Å². The normalized spacial score (nSPS) is 10.2. The van der Waals surface area contributed by atoms with E-state index < -0.39 is 0 Å². The summed E-state index contributed by atoms with van der Waals surface area (Å²) >= 11 is 5.97. The quantitative estimate of drug-likeness (QED) is 0.801. The Labute approximate surface area is 123 Å². The molecule has 0 aliphatic heterocycles. The van der Waals surface area contributed by atoms with Crippen molar-refractivity contribution in [2.24, 2.45) is 0 Å². The second-order valence-electron chi connectivity index (χ2n) is 4.38. The Bertz CT molecular complexity index is 595. The van der Waals surface area contributed by atoms with Crippen molar-refractivity contribution in [1.82, 2.24) is 0 Å². The molecule has 0 N–H and O–H groups in total. The third-order valence-electron chi connectivity index (χ3n) is 3.01. The Morgan fingerprint density at radius 2 is 1.50 bits per heavy atom. The van der Waals surface area contributed by atoms with E-state index in [0.29, 0.717) is 27.6 Å². The second kappa shape index (κ2) is 5.97. The van der Waals surface area contributed by atoms with Gasteiger partial charge in [-0.25, -0.2) is 0 Å². The van der Waals surface area contributed by atoms with Crippen molar-refractivity contribution in [3.8, 4) is 11.5 Å². The molecule has 0 amide bonds. The monoisotopic (exact) mass is 290 g/mol. The summed E-state index contributed by atoms with van der Waals surface area (Å²) in [6.07, 6.45) is 0. The van der Waals surface area contributed by atoms with E-state index in [0.717, 1.165) is 5.56 Å². The highest BCUT2D eigenvalue weighted by atomic mass is 35.5. The highest BCUT2D eigenvalue weighted by Crippen LogP contribution is 2.29. The maximum atomic E-state index is 12.7. The van der Waals surface area contributed by atoms with E-state index in [4.69, 9.17) is 21.1 Å². The predicted molar refractivity (Wildman–Crippen MR) is 79.2 cm³/mol. The number of carbonyl (C=O) groups is 1. The van der Waals surface area contributed by atoms with E-state index in [9.17, 15) is 4.79 Å². The fourth-order valence-corrected chi connectivity index (χ4v) is 2.17. The fraction of sp³-hybridized carbons (Fsp3) is 0.188. The Balaban J connectivity index is 2.56. The van der Waals surface area contributed by atoms with Crippen molar-refractivity contribution in [2.75, 3.05) is 14.2 Å². The first kappa shape index (κ1) is 14.4. The predicted octanol–water partition coefficient (Wildman–Crippen LogP) is 3.90. The van der Waals surface area contributed by atoms with Crippen LogP contribution in [0.25, 0.3) is 0 Å². The molecule has 20 heavy (non-hydrogen) atoms. The lowest BCUT2D eigenvalue weighted by Gasteiger charge is -2.11. The van der Waals surface area contributed by atoms with Gasteiger partial charge in [0.15, 0.2) is 0 Å². The minimum atomic E-state index is -0.176. The summed E-state index contributed by atoms with van der Waals surface area (Å²) in [5.74, 6) is 0.843. The molecule has 104 valence electrons. The number of benzene rings is 2. The molecule has 3 nitrogen and oxygen atoms in total. The molecule has 0 saturated carbocycles. The van der Waals surface area contributed by atoms with Gasteiger partial charge in [0.1, 0.15) is 11.5 Å². The zero-order valence-electron chi connectivity index (χ0n) is 11.6. The smallest absolute Gasteiger partial charge is 0.200 e. The number of hydrogen-bond acceptors (Lipinski definition) is 3. The van der Waals surface area contributed by atoms with Gasteiger partial charge in [0, 0.05) is 5.02 Å². The van der Waals surface area contributed by atoms with Crippen LogP contribution in [0.1, 0.15) is 21.5 Å². The van der Waals surface area contributed by atoms with Crippen LogP contribution in [0.4, 0.5) is 0 Å². The largest absolute Gasteiger partial charge is 0.496 e. The van der Waals surface area contributed by atoms with E-state index in [1.165, 1.54) is 14.2 Å². The zero-order valence-corrected chi connectivity index (χ0v) is 12.3. The van der Waals surface area contributed by atoms with Gasteiger partial charge < -0.3 is 9.47 Å². The minimum absolute atomic E-state index is 0.176. The first-order chi connectivity index (χ1) is 9.56. The van der Waals surface area contributed by atoms with Crippen LogP contribution in [0.3, 0.4) is 0 Å². The molecule has 0 unspecified atom stereocenters. The van der Waals surface area contributed by atoms with E-state index in [1.807, 2.05) is 13.0 Å². The van der Waals surface area contributed by atoms with Gasteiger partial charge in [0.2, 0.25) is 5.78 Å². The summed E-state index contributed by atoms with van der Waals surface area (Å²) in [6.45, 7) is 1.92. The molecule has 0 aliphatic rings. The molecular weight excluding hydrogens is 276 g/mol.